The van der Waals surface area contributed by atoms with Gasteiger partial charge in [-0.05, 0) is 42.7 Å². The molecule has 2 amide bonds. The summed E-state index contributed by atoms with van der Waals surface area (Å²) in [6.45, 7) is 0. The van der Waals surface area contributed by atoms with Gasteiger partial charge in [-0.1, -0.05) is 12.1 Å². The minimum Gasteiger partial charge on any atom is -0.338 e. The third-order valence-corrected chi connectivity index (χ3v) is 3.86. The Balaban J connectivity index is 1.68. The monoisotopic (exact) mass is 334 g/mol. The molecule has 0 radical (unpaired) electrons. The van der Waals surface area contributed by atoms with Crippen LogP contribution in [0, 0.1) is 17.5 Å². The fourth-order valence-corrected chi connectivity index (χ4v) is 2.43. The molecule has 1 aliphatic carbocycles. The summed E-state index contributed by atoms with van der Waals surface area (Å²) in [6.07, 6.45) is 1.17. The summed E-state index contributed by atoms with van der Waals surface area (Å²) in [5.41, 5.74) is -0.217. The zero-order valence-corrected chi connectivity index (χ0v) is 12.4. The molecule has 124 valence electrons. The predicted molar refractivity (Wildman–Crippen MR) is 80.4 cm³/mol. The molecular formula is C17H13F3N2O2. The maximum atomic E-state index is 13.3. The highest BCUT2D eigenvalue weighted by Crippen LogP contribution is 2.45. The highest BCUT2D eigenvalue weighted by molar-refractivity contribution is 6.39. The van der Waals surface area contributed by atoms with Gasteiger partial charge in [-0.25, -0.2) is 13.2 Å². The van der Waals surface area contributed by atoms with Gasteiger partial charge in [0.15, 0.2) is 11.6 Å². The molecule has 2 aromatic carbocycles. The first kappa shape index (κ1) is 16.0. The molecule has 0 atom stereocenters. The average Bonchev–Trinajstić information content (AvgIpc) is 3.32. The quantitative estimate of drug-likeness (QED) is 0.848. The second-order valence-electron chi connectivity index (χ2n) is 5.63. The van der Waals surface area contributed by atoms with Crippen LogP contribution >= 0.6 is 0 Å². The Bertz CT molecular complexity index is 819. The van der Waals surface area contributed by atoms with Gasteiger partial charge in [0.1, 0.15) is 5.82 Å². The molecule has 0 spiro atoms. The summed E-state index contributed by atoms with van der Waals surface area (Å²) in [7, 11) is 0. The smallest absolute Gasteiger partial charge is 0.313 e. The number of carbonyl (C=O) groups is 2. The molecule has 4 nitrogen and oxygen atoms in total. The van der Waals surface area contributed by atoms with E-state index in [4.69, 9.17) is 0 Å². The van der Waals surface area contributed by atoms with Crippen LogP contribution in [0.15, 0.2) is 42.5 Å². The number of halogens is 3. The van der Waals surface area contributed by atoms with Crippen LogP contribution in [0.2, 0.25) is 0 Å². The number of hydrogen-bond donors (Lipinski definition) is 2. The van der Waals surface area contributed by atoms with Gasteiger partial charge in [0.05, 0.1) is 5.54 Å². The number of benzene rings is 2. The molecule has 0 heterocycles. The van der Waals surface area contributed by atoms with Gasteiger partial charge in [0.25, 0.3) is 0 Å². The van der Waals surface area contributed by atoms with E-state index in [9.17, 15) is 22.8 Å². The van der Waals surface area contributed by atoms with Crippen LogP contribution in [0.25, 0.3) is 0 Å². The van der Waals surface area contributed by atoms with Crippen LogP contribution in [0.3, 0.4) is 0 Å². The minimum atomic E-state index is -1.13. The number of hydrogen-bond acceptors (Lipinski definition) is 2. The van der Waals surface area contributed by atoms with Crippen molar-refractivity contribution in [2.24, 2.45) is 0 Å². The summed E-state index contributed by atoms with van der Waals surface area (Å²) in [5.74, 6) is -4.56. The van der Waals surface area contributed by atoms with Crippen molar-refractivity contribution in [1.29, 1.82) is 0 Å². The van der Waals surface area contributed by atoms with E-state index in [-0.39, 0.29) is 5.69 Å². The van der Waals surface area contributed by atoms with Gasteiger partial charge < -0.3 is 10.6 Å². The summed E-state index contributed by atoms with van der Waals surface area (Å²) in [6, 6.07) is 8.56. The standard InChI is InChI=1S/C17H13F3N2O2/c18-11-3-1-2-10(8-11)17(6-7-17)22-16(24)15(23)21-12-4-5-13(19)14(20)9-12/h1-5,8-9H,6-7H2,(H,21,23)(H,22,24). The van der Waals surface area contributed by atoms with Gasteiger partial charge in [-0.15, -0.1) is 0 Å². The zero-order valence-electron chi connectivity index (χ0n) is 12.4. The van der Waals surface area contributed by atoms with Gasteiger partial charge in [-0.2, -0.15) is 0 Å². The van der Waals surface area contributed by atoms with Crippen LogP contribution in [-0.2, 0) is 15.1 Å². The van der Waals surface area contributed by atoms with Gasteiger partial charge in [-0.3, -0.25) is 9.59 Å². The minimum absolute atomic E-state index is 0.0374. The molecule has 1 saturated carbocycles. The Labute approximate surface area is 135 Å². The van der Waals surface area contributed by atoms with Crippen molar-refractivity contribution in [2.75, 3.05) is 5.32 Å². The molecule has 1 fully saturated rings. The predicted octanol–water partition coefficient (Wildman–Crippen LogP) is 2.85. The second-order valence-corrected chi connectivity index (χ2v) is 5.63. The number of nitrogens with one attached hydrogen (secondary N) is 2. The molecule has 3 rings (SSSR count). The van der Waals surface area contributed by atoms with Crippen LogP contribution in [0.1, 0.15) is 18.4 Å². The summed E-state index contributed by atoms with van der Waals surface area (Å²) >= 11 is 0. The molecule has 0 unspecified atom stereocenters. The van der Waals surface area contributed by atoms with E-state index in [1.807, 2.05) is 0 Å². The van der Waals surface area contributed by atoms with Gasteiger partial charge in [0.2, 0.25) is 0 Å². The first-order valence-electron chi connectivity index (χ1n) is 7.24. The van der Waals surface area contributed by atoms with E-state index in [1.165, 1.54) is 18.2 Å². The van der Waals surface area contributed by atoms with E-state index < -0.39 is 34.8 Å². The summed E-state index contributed by atoms with van der Waals surface area (Å²) in [5, 5.41) is 4.76. The fraction of sp³-hybridized carbons (Fsp3) is 0.176. The van der Waals surface area contributed by atoms with E-state index >= 15 is 0 Å². The maximum absolute atomic E-state index is 13.3. The molecule has 0 saturated heterocycles. The molecule has 0 aliphatic heterocycles. The zero-order chi connectivity index (χ0) is 17.3. The lowest BCUT2D eigenvalue weighted by molar-refractivity contribution is -0.136. The lowest BCUT2D eigenvalue weighted by Crippen LogP contribution is -2.42. The Morgan fingerprint density at radius 3 is 2.29 bits per heavy atom. The SMILES string of the molecule is O=C(Nc1ccc(F)c(F)c1)C(=O)NC1(c2cccc(F)c2)CC1. The third-order valence-electron chi connectivity index (χ3n) is 3.86. The van der Waals surface area contributed by atoms with Crippen molar-refractivity contribution >= 4 is 17.5 Å². The number of carbonyl (C=O) groups excluding carboxylic acids is 2. The second kappa shape index (κ2) is 5.99. The molecule has 1 aliphatic rings. The van der Waals surface area contributed by atoms with Crippen molar-refractivity contribution in [2.45, 2.75) is 18.4 Å². The van der Waals surface area contributed by atoms with E-state index in [0.29, 0.717) is 18.4 Å². The topological polar surface area (TPSA) is 58.2 Å². The largest absolute Gasteiger partial charge is 0.338 e. The van der Waals surface area contributed by atoms with Gasteiger partial charge >= 0.3 is 11.8 Å². The van der Waals surface area contributed by atoms with E-state index in [0.717, 1.165) is 18.2 Å². The maximum Gasteiger partial charge on any atom is 0.313 e. The lowest BCUT2D eigenvalue weighted by Gasteiger charge is -2.17. The van der Waals surface area contributed by atoms with Crippen molar-refractivity contribution in [1.82, 2.24) is 5.32 Å². The van der Waals surface area contributed by atoms with E-state index in [1.54, 1.807) is 6.07 Å². The van der Waals surface area contributed by atoms with Gasteiger partial charge in [0, 0.05) is 11.8 Å². The first-order chi connectivity index (χ1) is 11.4. The van der Waals surface area contributed by atoms with Crippen molar-refractivity contribution in [3.63, 3.8) is 0 Å². The Kier molecular flexibility index (Phi) is 4.01. The van der Waals surface area contributed by atoms with Crippen molar-refractivity contribution in [3.05, 3.63) is 65.5 Å². The first-order valence-corrected chi connectivity index (χ1v) is 7.24. The van der Waals surface area contributed by atoms with Crippen LogP contribution < -0.4 is 10.6 Å². The molecule has 0 bridgehead atoms. The van der Waals surface area contributed by atoms with Crippen molar-refractivity contribution < 1.29 is 22.8 Å². The average molecular weight is 334 g/mol. The summed E-state index contributed by atoms with van der Waals surface area (Å²) in [4.78, 5) is 23.9. The molecule has 24 heavy (non-hydrogen) atoms. The third kappa shape index (κ3) is 3.24. The van der Waals surface area contributed by atoms with E-state index in [2.05, 4.69) is 10.6 Å². The van der Waals surface area contributed by atoms with Crippen LogP contribution in [0.5, 0.6) is 0 Å². The molecule has 2 N–H and O–H groups in total. The van der Waals surface area contributed by atoms with Crippen molar-refractivity contribution in [3.8, 4) is 0 Å². The number of rotatable bonds is 3. The number of amides is 2. The Hall–Kier alpha value is -2.83. The molecule has 7 heteroatoms. The van der Waals surface area contributed by atoms with Crippen LogP contribution in [-0.4, -0.2) is 11.8 Å². The van der Waals surface area contributed by atoms with Crippen LogP contribution in [0.4, 0.5) is 18.9 Å². The highest BCUT2D eigenvalue weighted by Gasteiger charge is 2.46. The lowest BCUT2D eigenvalue weighted by atomic mass is 10.0. The Morgan fingerprint density at radius 1 is 0.917 bits per heavy atom. The number of anilines is 1. The highest BCUT2D eigenvalue weighted by atomic mass is 19.2. The fourth-order valence-electron chi connectivity index (χ4n) is 2.43. The Morgan fingerprint density at radius 2 is 1.67 bits per heavy atom. The molecule has 2 aromatic rings. The molecule has 0 aromatic heterocycles. The normalized spacial score (nSPS) is 14.8. The molecular weight excluding hydrogens is 321 g/mol. The summed E-state index contributed by atoms with van der Waals surface area (Å²) < 4.78 is 39.3.